The SMILES string of the molecule is CCC1(CC)CCN(CC(O)c2ccccc2F)CC1. The highest BCUT2D eigenvalue weighted by molar-refractivity contribution is 5.20. The fourth-order valence-electron chi connectivity index (χ4n) is 3.26. The molecule has 3 heteroatoms. The summed E-state index contributed by atoms with van der Waals surface area (Å²) in [5, 5.41) is 10.2. The first-order valence-corrected chi connectivity index (χ1v) is 7.75. The second-order valence-electron chi connectivity index (χ2n) is 6.05. The minimum absolute atomic E-state index is 0.312. The standard InChI is InChI=1S/C17H26FNO/c1-3-17(4-2)9-11-19(12-10-17)13-16(20)14-7-5-6-8-15(14)18/h5-8,16,20H,3-4,9-13H2,1-2H3. The van der Waals surface area contributed by atoms with Crippen molar-refractivity contribution in [2.45, 2.75) is 45.6 Å². The number of piperidine rings is 1. The summed E-state index contributed by atoms with van der Waals surface area (Å²) >= 11 is 0. The average molecular weight is 279 g/mol. The zero-order valence-electron chi connectivity index (χ0n) is 12.6. The van der Waals surface area contributed by atoms with Crippen molar-refractivity contribution in [3.05, 3.63) is 35.6 Å². The number of benzene rings is 1. The number of β-amino-alcohol motifs (C(OH)–C–C–N with tert-alkyl or cyclic N) is 1. The molecular weight excluding hydrogens is 253 g/mol. The Morgan fingerprint density at radius 3 is 2.35 bits per heavy atom. The van der Waals surface area contributed by atoms with E-state index in [1.165, 1.54) is 31.7 Å². The molecule has 1 saturated heterocycles. The van der Waals surface area contributed by atoms with Gasteiger partial charge in [-0.1, -0.05) is 44.9 Å². The van der Waals surface area contributed by atoms with Crippen LogP contribution in [0.15, 0.2) is 24.3 Å². The first kappa shape index (κ1) is 15.5. The van der Waals surface area contributed by atoms with E-state index in [1.54, 1.807) is 18.2 Å². The molecule has 2 nitrogen and oxygen atoms in total. The highest BCUT2D eigenvalue weighted by Crippen LogP contribution is 2.38. The second kappa shape index (κ2) is 6.68. The number of likely N-dealkylation sites (tertiary alicyclic amines) is 1. The van der Waals surface area contributed by atoms with Crippen LogP contribution in [0.5, 0.6) is 0 Å². The van der Waals surface area contributed by atoms with Gasteiger partial charge in [0.25, 0.3) is 0 Å². The normalized spacial score (nSPS) is 20.8. The van der Waals surface area contributed by atoms with Crippen LogP contribution >= 0.6 is 0 Å². The van der Waals surface area contributed by atoms with Gasteiger partial charge in [-0.15, -0.1) is 0 Å². The summed E-state index contributed by atoms with van der Waals surface area (Å²) in [4.78, 5) is 2.26. The molecule has 1 aliphatic heterocycles. The van der Waals surface area contributed by atoms with Gasteiger partial charge in [-0.05, 0) is 37.4 Å². The molecule has 0 radical (unpaired) electrons. The van der Waals surface area contributed by atoms with Crippen LogP contribution in [0.3, 0.4) is 0 Å². The lowest BCUT2D eigenvalue weighted by Gasteiger charge is -2.41. The van der Waals surface area contributed by atoms with Gasteiger partial charge in [-0.3, -0.25) is 0 Å². The van der Waals surface area contributed by atoms with E-state index >= 15 is 0 Å². The lowest BCUT2D eigenvalue weighted by molar-refractivity contribution is 0.0520. The summed E-state index contributed by atoms with van der Waals surface area (Å²) < 4.78 is 13.6. The second-order valence-corrected chi connectivity index (χ2v) is 6.05. The van der Waals surface area contributed by atoms with E-state index in [4.69, 9.17) is 0 Å². The Bertz CT molecular complexity index is 421. The summed E-state index contributed by atoms with van der Waals surface area (Å²) in [6, 6.07) is 6.51. The van der Waals surface area contributed by atoms with E-state index in [0.717, 1.165) is 13.1 Å². The van der Waals surface area contributed by atoms with Gasteiger partial charge in [-0.2, -0.15) is 0 Å². The van der Waals surface area contributed by atoms with Crippen molar-refractivity contribution >= 4 is 0 Å². The molecule has 0 saturated carbocycles. The monoisotopic (exact) mass is 279 g/mol. The summed E-state index contributed by atoms with van der Waals surface area (Å²) in [6.07, 6.45) is 4.10. The summed E-state index contributed by atoms with van der Waals surface area (Å²) in [7, 11) is 0. The molecule has 0 bridgehead atoms. The molecule has 0 aromatic heterocycles. The highest BCUT2D eigenvalue weighted by Gasteiger charge is 2.31. The first-order chi connectivity index (χ1) is 9.60. The molecule has 1 aromatic rings. The average Bonchev–Trinajstić information content (AvgIpc) is 2.49. The Morgan fingerprint density at radius 1 is 1.20 bits per heavy atom. The number of halogens is 1. The van der Waals surface area contributed by atoms with Crippen LogP contribution in [-0.2, 0) is 0 Å². The van der Waals surface area contributed by atoms with Crippen LogP contribution < -0.4 is 0 Å². The first-order valence-electron chi connectivity index (χ1n) is 7.75. The van der Waals surface area contributed by atoms with Crippen molar-refractivity contribution in [2.75, 3.05) is 19.6 Å². The topological polar surface area (TPSA) is 23.5 Å². The molecule has 1 unspecified atom stereocenters. The summed E-state index contributed by atoms with van der Waals surface area (Å²) in [5.41, 5.74) is 0.898. The van der Waals surface area contributed by atoms with E-state index in [9.17, 15) is 9.50 Å². The van der Waals surface area contributed by atoms with Crippen molar-refractivity contribution < 1.29 is 9.50 Å². The van der Waals surface area contributed by atoms with Crippen LogP contribution in [0.4, 0.5) is 4.39 Å². The number of nitrogens with zero attached hydrogens (tertiary/aromatic N) is 1. The maximum Gasteiger partial charge on any atom is 0.129 e. The van der Waals surface area contributed by atoms with Crippen LogP contribution in [0, 0.1) is 11.2 Å². The number of aliphatic hydroxyl groups excluding tert-OH is 1. The van der Waals surface area contributed by atoms with Gasteiger partial charge < -0.3 is 10.0 Å². The molecule has 0 amide bonds. The van der Waals surface area contributed by atoms with Crippen molar-refractivity contribution in [1.82, 2.24) is 4.90 Å². The Morgan fingerprint density at radius 2 is 1.80 bits per heavy atom. The van der Waals surface area contributed by atoms with Gasteiger partial charge in [0, 0.05) is 12.1 Å². The van der Waals surface area contributed by atoms with Crippen LogP contribution in [0.2, 0.25) is 0 Å². The van der Waals surface area contributed by atoms with Crippen molar-refractivity contribution in [3.8, 4) is 0 Å². The smallest absolute Gasteiger partial charge is 0.129 e. The molecular formula is C17H26FNO. The van der Waals surface area contributed by atoms with Gasteiger partial charge in [-0.25, -0.2) is 4.39 Å². The number of hydrogen-bond acceptors (Lipinski definition) is 2. The minimum Gasteiger partial charge on any atom is -0.387 e. The largest absolute Gasteiger partial charge is 0.387 e. The maximum atomic E-state index is 13.6. The molecule has 1 atom stereocenters. The fourth-order valence-corrected chi connectivity index (χ4v) is 3.26. The molecule has 112 valence electrons. The number of aliphatic hydroxyl groups is 1. The third-order valence-electron chi connectivity index (χ3n) is 5.11. The summed E-state index contributed by atoms with van der Waals surface area (Å²) in [5.74, 6) is -0.312. The Labute approximate surface area is 121 Å². The number of hydrogen-bond donors (Lipinski definition) is 1. The Balaban J connectivity index is 1.91. The predicted octanol–water partition coefficient (Wildman–Crippen LogP) is 3.76. The molecule has 1 N–H and O–H groups in total. The fraction of sp³-hybridized carbons (Fsp3) is 0.647. The molecule has 20 heavy (non-hydrogen) atoms. The Kier molecular flexibility index (Phi) is 5.17. The van der Waals surface area contributed by atoms with E-state index in [-0.39, 0.29) is 5.82 Å². The minimum atomic E-state index is -0.730. The van der Waals surface area contributed by atoms with Crippen molar-refractivity contribution in [3.63, 3.8) is 0 Å². The molecule has 1 fully saturated rings. The zero-order valence-corrected chi connectivity index (χ0v) is 12.6. The zero-order chi connectivity index (χ0) is 14.6. The van der Waals surface area contributed by atoms with Gasteiger partial charge in [0.1, 0.15) is 5.82 Å². The van der Waals surface area contributed by atoms with E-state index in [2.05, 4.69) is 18.7 Å². The van der Waals surface area contributed by atoms with Gasteiger partial charge >= 0.3 is 0 Å². The molecule has 0 spiro atoms. The van der Waals surface area contributed by atoms with Gasteiger partial charge in [0.2, 0.25) is 0 Å². The third kappa shape index (κ3) is 3.39. The predicted molar refractivity (Wildman–Crippen MR) is 80.0 cm³/mol. The maximum absolute atomic E-state index is 13.6. The van der Waals surface area contributed by atoms with Crippen LogP contribution in [0.25, 0.3) is 0 Å². The van der Waals surface area contributed by atoms with Crippen molar-refractivity contribution in [2.24, 2.45) is 5.41 Å². The van der Waals surface area contributed by atoms with E-state index in [0.29, 0.717) is 17.5 Å². The third-order valence-corrected chi connectivity index (χ3v) is 5.11. The van der Waals surface area contributed by atoms with Gasteiger partial charge in [0.15, 0.2) is 0 Å². The molecule has 1 heterocycles. The lowest BCUT2D eigenvalue weighted by atomic mass is 9.74. The Hall–Kier alpha value is -0.930. The van der Waals surface area contributed by atoms with E-state index in [1.807, 2.05) is 0 Å². The molecule has 0 aliphatic carbocycles. The molecule has 1 aromatic carbocycles. The van der Waals surface area contributed by atoms with Crippen LogP contribution in [0.1, 0.15) is 51.2 Å². The highest BCUT2D eigenvalue weighted by atomic mass is 19.1. The lowest BCUT2D eigenvalue weighted by Crippen LogP contribution is -2.41. The quantitative estimate of drug-likeness (QED) is 0.887. The van der Waals surface area contributed by atoms with Crippen molar-refractivity contribution in [1.29, 1.82) is 0 Å². The van der Waals surface area contributed by atoms with Gasteiger partial charge in [0.05, 0.1) is 6.10 Å². The molecule has 2 rings (SSSR count). The molecule has 1 aliphatic rings. The van der Waals surface area contributed by atoms with Crippen LogP contribution in [-0.4, -0.2) is 29.6 Å². The van der Waals surface area contributed by atoms with E-state index < -0.39 is 6.10 Å². The summed E-state index contributed by atoms with van der Waals surface area (Å²) in [6.45, 7) is 7.09. The number of rotatable bonds is 5.